The number of nitrogens with zero attached hydrogens (tertiary/aromatic N) is 8. The van der Waals surface area contributed by atoms with Crippen LogP contribution in [0.4, 0.5) is 0 Å². The van der Waals surface area contributed by atoms with Crippen LogP contribution in [0.15, 0.2) is 44.4 Å². The smallest absolute Gasteiger partial charge is 0.242 e. The number of carbonyl (C=O) groups is 6. The van der Waals surface area contributed by atoms with Gasteiger partial charge in [-0.15, -0.1) is 0 Å². The van der Waals surface area contributed by atoms with Crippen LogP contribution in [0.1, 0.15) is 63.4 Å². The predicted octanol–water partition coefficient (Wildman–Crippen LogP) is -5.15. The van der Waals surface area contributed by atoms with Crippen molar-refractivity contribution >= 4 is 70.2 Å². The highest BCUT2D eigenvalue weighted by Crippen LogP contribution is 2.23. The summed E-state index contributed by atoms with van der Waals surface area (Å²) < 4.78 is 0. The number of benzene rings is 1. The number of H-pyrrole nitrogens is 1. The highest BCUT2D eigenvalue weighted by Gasteiger charge is 2.29. The third-order valence-electron chi connectivity index (χ3n) is 11.0. The first-order valence-electron chi connectivity index (χ1n) is 23.9. The fraction of sp³-hybridized carbons (Fsp3) is 0.591. The van der Waals surface area contributed by atoms with Crippen LogP contribution in [-0.2, 0) is 35.2 Å². The zero-order valence-corrected chi connectivity index (χ0v) is 41.3. The molecule has 2 aromatic rings. The van der Waals surface area contributed by atoms with E-state index in [2.05, 4.69) is 35.6 Å². The van der Waals surface area contributed by atoms with Gasteiger partial charge in [0.15, 0.2) is 23.8 Å². The van der Waals surface area contributed by atoms with Crippen molar-refractivity contribution in [3.63, 3.8) is 0 Å². The molecule has 1 aromatic heterocycles. The molecule has 1 heterocycles. The van der Waals surface area contributed by atoms with Crippen LogP contribution in [0.5, 0.6) is 5.75 Å². The van der Waals surface area contributed by atoms with Gasteiger partial charge in [0.1, 0.15) is 11.8 Å². The molecule has 28 nitrogen and oxygen atoms in total. The molecule has 24 N–H and O–H groups in total. The number of primary amides is 1. The summed E-state index contributed by atoms with van der Waals surface area (Å²) in [5.41, 5.74) is 56.6. The van der Waals surface area contributed by atoms with Crippen molar-refractivity contribution in [1.82, 2.24) is 35.2 Å². The summed E-state index contributed by atoms with van der Waals surface area (Å²) in [4.78, 5) is 107. The minimum atomic E-state index is -1.12. The number of unbranched alkanes of at least 4 members (excludes halogenated alkanes) is 3. The summed E-state index contributed by atoms with van der Waals surface area (Å²) in [7, 11) is 0. The highest BCUT2D eigenvalue weighted by atomic mass is 16.3. The van der Waals surface area contributed by atoms with Crippen molar-refractivity contribution in [1.29, 1.82) is 0 Å². The maximum Gasteiger partial charge on any atom is 0.242 e. The number of nitrogens with two attached hydrogens (primary N) is 10. The Hall–Kier alpha value is -7.62. The van der Waals surface area contributed by atoms with Crippen molar-refractivity contribution in [3.8, 4) is 5.75 Å². The van der Waals surface area contributed by atoms with Crippen LogP contribution < -0.4 is 68.0 Å². The molecule has 402 valence electrons. The van der Waals surface area contributed by atoms with E-state index < -0.39 is 61.8 Å². The number of guanidine groups is 4. The first-order chi connectivity index (χ1) is 34.3. The van der Waals surface area contributed by atoms with Crippen molar-refractivity contribution in [3.05, 3.63) is 30.0 Å². The van der Waals surface area contributed by atoms with Crippen LogP contribution in [0, 0.1) is 0 Å². The number of phenols is 1. The van der Waals surface area contributed by atoms with E-state index in [1.807, 2.05) is 0 Å². The van der Waals surface area contributed by atoms with E-state index in [0.717, 1.165) is 25.7 Å². The first-order valence-corrected chi connectivity index (χ1v) is 23.9. The number of hydrogen-bond donors (Lipinski definition) is 14. The minimum absolute atomic E-state index is 0.0150. The Morgan fingerprint density at radius 3 is 1.56 bits per heavy atom. The molecule has 6 amide bonds. The number of rotatable bonds is 37. The Kier molecular flexibility index (Phi) is 28.4. The van der Waals surface area contributed by atoms with E-state index in [1.165, 1.54) is 25.7 Å². The van der Waals surface area contributed by atoms with Gasteiger partial charge < -0.3 is 97.7 Å². The summed E-state index contributed by atoms with van der Waals surface area (Å²) in [6.07, 6.45) is 6.68. The topological polar surface area (TPSA) is 485 Å². The number of aliphatic imine (C=N–C) groups is 4. The molecule has 0 aliphatic carbocycles. The van der Waals surface area contributed by atoms with Gasteiger partial charge in [0, 0.05) is 69.5 Å². The second-order valence-electron chi connectivity index (χ2n) is 16.9. The van der Waals surface area contributed by atoms with Crippen molar-refractivity contribution < 1.29 is 33.9 Å². The minimum Gasteiger partial charge on any atom is -0.508 e. The maximum absolute atomic E-state index is 14.7. The van der Waals surface area contributed by atoms with E-state index in [9.17, 15) is 33.9 Å². The Morgan fingerprint density at radius 1 is 0.583 bits per heavy atom. The van der Waals surface area contributed by atoms with Crippen LogP contribution >= 0.6 is 0 Å². The summed E-state index contributed by atoms with van der Waals surface area (Å²) in [5.74, 6) is -4.42. The molecular formula is C44H79N21O7. The lowest BCUT2D eigenvalue weighted by Gasteiger charge is -2.31. The largest absolute Gasteiger partial charge is 0.508 e. The molecule has 0 aliphatic heterocycles. The van der Waals surface area contributed by atoms with E-state index in [0.29, 0.717) is 42.4 Å². The standard InChI is InChI=1S/C44H79N21O7/c45-13-3-1-2-4-14-55-25-36(68)63(20-7-17-58-43(51)52)27-38(70)64(21-8-18-59-44(53)54)28-39(71)65(22-12-30-24-60-33-11-10-31(66)23-32(30)33)29-37(69)62(19-6-16-57-42(49)50)26-35(67)61-34(40(46)72)9-5-15-56-41(47)48/h10-11,23-24,34,55,60,66H,1-9,12-22,25-29,45H2,(H2,46,72)(H,61,67)(H4,47,48,56)(H4,49,50,57)(H4,51,52,58)(H4,53,54,59)/t34-/m1/s1. The number of hydrogen-bond acceptors (Lipinski definition) is 13. The monoisotopic (exact) mass is 1010 g/mol. The number of aromatic nitrogens is 1. The number of nitrogens with one attached hydrogen (secondary N) is 3. The second-order valence-corrected chi connectivity index (χ2v) is 16.9. The van der Waals surface area contributed by atoms with Gasteiger partial charge in [0.25, 0.3) is 0 Å². The summed E-state index contributed by atoms with van der Waals surface area (Å²) >= 11 is 0. The molecule has 28 heteroatoms. The lowest BCUT2D eigenvalue weighted by Crippen LogP contribution is -2.52. The van der Waals surface area contributed by atoms with E-state index in [4.69, 9.17) is 57.3 Å². The molecule has 1 aromatic carbocycles. The second kappa shape index (κ2) is 33.8. The third kappa shape index (κ3) is 25.3. The van der Waals surface area contributed by atoms with Crippen LogP contribution in [0.2, 0.25) is 0 Å². The van der Waals surface area contributed by atoms with Crippen molar-refractivity contribution in [2.75, 3.05) is 98.2 Å². The van der Waals surface area contributed by atoms with Gasteiger partial charge in [0.2, 0.25) is 35.4 Å². The van der Waals surface area contributed by atoms with Gasteiger partial charge in [-0.1, -0.05) is 12.8 Å². The van der Waals surface area contributed by atoms with Gasteiger partial charge in [-0.2, -0.15) is 0 Å². The average molecular weight is 1010 g/mol. The fourth-order valence-electron chi connectivity index (χ4n) is 7.25. The zero-order chi connectivity index (χ0) is 53.4. The molecule has 0 radical (unpaired) electrons. The zero-order valence-electron chi connectivity index (χ0n) is 41.3. The van der Waals surface area contributed by atoms with Gasteiger partial charge in [0.05, 0.1) is 32.7 Å². The van der Waals surface area contributed by atoms with Gasteiger partial charge in [-0.3, -0.25) is 48.7 Å². The molecule has 1 atom stereocenters. The normalized spacial score (nSPS) is 11.2. The van der Waals surface area contributed by atoms with E-state index in [1.54, 1.807) is 18.3 Å². The Labute approximate surface area is 419 Å². The average Bonchev–Trinajstić information content (AvgIpc) is 3.72. The van der Waals surface area contributed by atoms with E-state index in [-0.39, 0.29) is 120 Å². The summed E-state index contributed by atoms with van der Waals surface area (Å²) in [5, 5.41) is 16.7. The molecule has 0 unspecified atom stereocenters. The molecule has 72 heavy (non-hydrogen) atoms. The molecule has 0 saturated heterocycles. The van der Waals surface area contributed by atoms with Crippen LogP contribution in [0.3, 0.4) is 0 Å². The number of carbonyl (C=O) groups excluding carboxylic acids is 6. The Bertz CT molecular complexity index is 2150. The number of fused-ring (bicyclic) bond motifs is 1. The lowest BCUT2D eigenvalue weighted by molar-refractivity contribution is -0.146. The Morgan fingerprint density at radius 2 is 1.06 bits per heavy atom. The molecular weight excluding hydrogens is 935 g/mol. The molecule has 0 bridgehead atoms. The maximum atomic E-state index is 14.7. The summed E-state index contributed by atoms with van der Waals surface area (Å²) in [6, 6.07) is 3.66. The molecule has 0 saturated carbocycles. The first kappa shape index (κ1) is 60.5. The number of phenolic OH excluding ortho intramolecular Hbond substituents is 1. The third-order valence-corrected chi connectivity index (χ3v) is 11.0. The molecule has 0 fully saturated rings. The Balaban J connectivity index is 2.51. The number of aromatic hydroxyl groups is 1. The van der Waals surface area contributed by atoms with E-state index >= 15 is 0 Å². The van der Waals surface area contributed by atoms with Gasteiger partial charge in [-0.05, 0) is 88.2 Å². The lowest BCUT2D eigenvalue weighted by atomic mass is 10.1. The number of aromatic amines is 1. The quantitative estimate of drug-likeness (QED) is 0.0171. The predicted molar refractivity (Wildman–Crippen MR) is 277 cm³/mol. The van der Waals surface area contributed by atoms with Gasteiger partial charge >= 0.3 is 0 Å². The van der Waals surface area contributed by atoms with Crippen LogP contribution in [-0.4, -0.2) is 193 Å². The summed E-state index contributed by atoms with van der Waals surface area (Å²) in [6.45, 7) is -0.411. The highest BCUT2D eigenvalue weighted by molar-refractivity contribution is 5.93. The molecule has 0 spiro atoms. The van der Waals surface area contributed by atoms with Crippen LogP contribution in [0.25, 0.3) is 10.9 Å². The number of amides is 6. The molecule has 2 rings (SSSR count). The molecule has 0 aliphatic rings. The van der Waals surface area contributed by atoms with Crippen molar-refractivity contribution in [2.45, 2.75) is 70.3 Å². The van der Waals surface area contributed by atoms with Crippen molar-refractivity contribution in [2.24, 2.45) is 77.3 Å². The SMILES string of the molecule is NCCCCCCNCC(=O)N(CCCN=C(N)N)CC(=O)N(CCCN=C(N)N)CC(=O)N(CCc1c[nH]c2ccc(O)cc12)CC(=O)N(CCCN=C(N)N)CC(=O)N[C@H](CCCN=C(N)N)C(N)=O. The fourth-order valence-corrected chi connectivity index (χ4v) is 7.25. The van der Waals surface area contributed by atoms with Gasteiger partial charge in [-0.25, -0.2) is 0 Å².